The molecule has 172 valence electrons. The average Bonchev–Trinajstić information content (AvgIpc) is 3.13. The summed E-state index contributed by atoms with van der Waals surface area (Å²) in [4.78, 5) is 7.35. The first-order valence-electron chi connectivity index (χ1n) is 10.5. The molecule has 2 N–H and O–H groups in total. The van der Waals surface area contributed by atoms with Crippen LogP contribution in [0.5, 0.6) is 0 Å². The van der Waals surface area contributed by atoms with Gasteiger partial charge in [0.2, 0.25) is 10.0 Å². The minimum atomic E-state index is -3.54. The average molecular weight is 553 g/mol. The molecule has 0 bridgehead atoms. The molecular weight excluding hydrogens is 515 g/mol. The van der Waals surface area contributed by atoms with Crippen LogP contribution in [0.4, 0.5) is 0 Å². The van der Waals surface area contributed by atoms with E-state index in [2.05, 4.69) is 35.7 Å². The van der Waals surface area contributed by atoms with Crippen LogP contribution in [0.2, 0.25) is 0 Å². The Hall–Kier alpha value is -0.910. The molecule has 1 fully saturated rings. The third-order valence-corrected chi connectivity index (χ3v) is 6.40. The van der Waals surface area contributed by atoms with Gasteiger partial charge in [0.25, 0.3) is 0 Å². The molecule has 1 aliphatic rings. The molecule has 9 heteroatoms. The maximum atomic E-state index is 12.4. The van der Waals surface area contributed by atoms with Gasteiger partial charge in [0, 0.05) is 33.3 Å². The molecule has 0 radical (unpaired) electrons. The summed E-state index contributed by atoms with van der Waals surface area (Å²) >= 11 is 0. The Morgan fingerprint density at radius 1 is 1.37 bits per heavy atom. The predicted molar refractivity (Wildman–Crippen MR) is 133 cm³/mol. The molecule has 30 heavy (non-hydrogen) atoms. The molecule has 1 heterocycles. The molecule has 1 atom stereocenters. The SMILES string of the molecule is CCNC(=NCc1cccc(S(=O)(=O)NCCOC)c1)N1CCC(CC(C)C)C1.I. The Balaban J connectivity index is 0.00000450. The van der Waals surface area contributed by atoms with Crippen LogP contribution in [-0.2, 0) is 21.3 Å². The fourth-order valence-electron chi connectivity index (χ4n) is 3.65. The van der Waals surface area contributed by atoms with E-state index in [1.165, 1.54) is 12.8 Å². The van der Waals surface area contributed by atoms with Crippen molar-refractivity contribution in [1.29, 1.82) is 0 Å². The van der Waals surface area contributed by atoms with Gasteiger partial charge in [-0.3, -0.25) is 0 Å². The second-order valence-corrected chi connectivity index (χ2v) is 9.71. The summed E-state index contributed by atoms with van der Waals surface area (Å²) in [5.74, 6) is 2.33. The topological polar surface area (TPSA) is 83.0 Å². The van der Waals surface area contributed by atoms with Crippen LogP contribution in [0.25, 0.3) is 0 Å². The van der Waals surface area contributed by atoms with E-state index in [4.69, 9.17) is 9.73 Å². The van der Waals surface area contributed by atoms with Gasteiger partial charge in [-0.15, -0.1) is 24.0 Å². The van der Waals surface area contributed by atoms with Crippen molar-refractivity contribution < 1.29 is 13.2 Å². The van der Waals surface area contributed by atoms with E-state index in [0.717, 1.165) is 31.2 Å². The summed E-state index contributed by atoms with van der Waals surface area (Å²) in [6.07, 6.45) is 2.44. The van der Waals surface area contributed by atoms with Crippen LogP contribution in [0.15, 0.2) is 34.2 Å². The third-order valence-electron chi connectivity index (χ3n) is 4.94. The second-order valence-electron chi connectivity index (χ2n) is 7.94. The molecule has 7 nitrogen and oxygen atoms in total. The fraction of sp³-hybridized carbons (Fsp3) is 0.667. The number of methoxy groups -OCH3 is 1. The number of halogens is 1. The normalized spacial score (nSPS) is 17.3. The molecule has 0 aromatic heterocycles. The van der Waals surface area contributed by atoms with E-state index in [1.54, 1.807) is 25.3 Å². The highest BCUT2D eigenvalue weighted by Gasteiger charge is 2.25. The highest BCUT2D eigenvalue weighted by molar-refractivity contribution is 14.0. The number of likely N-dealkylation sites (tertiary alicyclic amines) is 1. The molecule has 1 aromatic rings. The first kappa shape index (κ1) is 27.1. The summed E-state index contributed by atoms with van der Waals surface area (Å²) in [6, 6.07) is 6.96. The highest BCUT2D eigenvalue weighted by atomic mass is 127. The van der Waals surface area contributed by atoms with Gasteiger partial charge in [0.05, 0.1) is 18.0 Å². The van der Waals surface area contributed by atoms with Crippen molar-refractivity contribution >= 4 is 40.0 Å². The van der Waals surface area contributed by atoms with Gasteiger partial charge in [0.1, 0.15) is 0 Å². The van der Waals surface area contributed by atoms with E-state index in [-0.39, 0.29) is 35.4 Å². The van der Waals surface area contributed by atoms with Crippen molar-refractivity contribution in [2.75, 3.05) is 39.9 Å². The molecule has 0 aliphatic carbocycles. The molecule has 0 saturated carbocycles. The maximum absolute atomic E-state index is 12.4. The van der Waals surface area contributed by atoms with Gasteiger partial charge in [-0.05, 0) is 49.3 Å². The summed E-state index contributed by atoms with van der Waals surface area (Å²) < 4.78 is 32.3. The predicted octanol–water partition coefficient (Wildman–Crippen LogP) is 3.06. The number of nitrogens with zero attached hydrogens (tertiary/aromatic N) is 2. The minimum absolute atomic E-state index is 0. The summed E-state index contributed by atoms with van der Waals surface area (Å²) in [7, 11) is -2.00. The Kier molecular flexibility index (Phi) is 12.2. The standard InChI is InChI=1S/C21H36N4O3S.HI/c1-5-22-21(25-11-9-19(16-25)13-17(2)3)23-15-18-7-6-8-20(14-18)29(26,27)24-10-12-28-4;/h6-8,14,17,19,24H,5,9-13,15-16H2,1-4H3,(H,22,23);1H. The lowest BCUT2D eigenvalue weighted by atomic mass is 9.97. The van der Waals surface area contributed by atoms with Gasteiger partial charge < -0.3 is 15.0 Å². The van der Waals surface area contributed by atoms with Crippen LogP contribution in [0, 0.1) is 11.8 Å². The number of hydrogen-bond acceptors (Lipinski definition) is 4. The van der Waals surface area contributed by atoms with E-state index in [0.29, 0.717) is 25.0 Å². The van der Waals surface area contributed by atoms with Gasteiger partial charge >= 0.3 is 0 Å². The van der Waals surface area contributed by atoms with Gasteiger partial charge in [-0.1, -0.05) is 26.0 Å². The molecule has 1 aromatic carbocycles. The Labute approximate surface area is 199 Å². The molecular formula is C21H37IN4O3S. The van der Waals surface area contributed by atoms with Crippen molar-refractivity contribution in [1.82, 2.24) is 14.9 Å². The summed E-state index contributed by atoms with van der Waals surface area (Å²) in [6.45, 7) is 10.5. The number of benzene rings is 1. The molecule has 2 rings (SSSR count). The van der Waals surface area contributed by atoms with Gasteiger partial charge in [-0.25, -0.2) is 18.1 Å². The zero-order valence-corrected chi connectivity index (χ0v) is 21.7. The van der Waals surface area contributed by atoms with Crippen LogP contribution in [0.3, 0.4) is 0 Å². The van der Waals surface area contributed by atoms with Crippen LogP contribution in [0.1, 0.15) is 39.2 Å². The van der Waals surface area contributed by atoms with Gasteiger partial charge in [-0.2, -0.15) is 0 Å². The molecule has 1 saturated heterocycles. The first-order valence-corrected chi connectivity index (χ1v) is 11.9. The lowest BCUT2D eigenvalue weighted by molar-refractivity contribution is 0.204. The lowest BCUT2D eigenvalue weighted by Crippen LogP contribution is -2.40. The van der Waals surface area contributed by atoms with Gasteiger partial charge in [0.15, 0.2) is 5.96 Å². The lowest BCUT2D eigenvalue weighted by Gasteiger charge is -2.22. The minimum Gasteiger partial charge on any atom is -0.383 e. The zero-order chi connectivity index (χ0) is 21.3. The fourth-order valence-corrected chi connectivity index (χ4v) is 4.73. The number of hydrogen-bond donors (Lipinski definition) is 2. The van der Waals surface area contributed by atoms with Crippen LogP contribution >= 0.6 is 24.0 Å². The third kappa shape index (κ3) is 8.68. The molecule has 1 unspecified atom stereocenters. The van der Waals surface area contributed by atoms with E-state index < -0.39 is 10.0 Å². The molecule has 1 aliphatic heterocycles. The Bertz CT molecular complexity index is 771. The monoisotopic (exact) mass is 552 g/mol. The Morgan fingerprint density at radius 2 is 2.13 bits per heavy atom. The maximum Gasteiger partial charge on any atom is 0.240 e. The van der Waals surface area contributed by atoms with E-state index >= 15 is 0 Å². The van der Waals surface area contributed by atoms with Crippen molar-refractivity contribution in [3.63, 3.8) is 0 Å². The largest absolute Gasteiger partial charge is 0.383 e. The Morgan fingerprint density at radius 3 is 2.80 bits per heavy atom. The number of rotatable bonds is 10. The van der Waals surface area contributed by atoms with Crippen molar-refractivity contribution in [3.8, 4) is 0 Å². The highest BCUT2D eigenvalue weighted by Crippen LogP contribution is 2.23. The van der Waals surface area contributed by atoms with Crippen LogP contribution < -0.4 is 10.0 Å². The zero-order valence-electron chi connectivity index (χ0n) is 18.6. The summed E-state index contributed by atoms with van der Waals surface area (Å²) in [5.41, 5.74) is 0.868. The van der Waals surface area contributed by atoms with Crippen molar-refractivity contribution in [2.24, 2.45) is 16.8 Å². The molecule has 0 amide bonds. The quantitative estimate of drug-likeness (QED) is 0.202. The number of aliphatic imine (C=N–C) groups is 1. The smallest absolute Gasteiger partial charge is 0.240 e. The van der Waals surface area contributed by atoms with E-state index in [1.807, 2.05) is 6.07 Å². The van der Waals surface area contributed by atoms with Crippen molar-refractivity contribution in [2.45, 2.75) is 45.1 Å². The van der Waals surface area contributed by atoms with Crippen LogP contribution in [-0.4, -0.2) is 59.2 Å². The summed E-state index contributed by atoms with van der Waals surface area (Å²) in [5, 5.41) is 3.38. The number of nitrogens with one attached hydrogen (secondary N) is 2. The first-order chi connectivity index (χ1) is 13.9. The van der Waals surface area contributed by atoms with Crippen molar-refractivity contribution in [3.05, 3.63) is 29.8 Å². The second kappa shape index (κ2) is 13.5. The number of sulfonamides is 1. The number of guanidine groups is 1. The van der Waals surface area contributed by atoms with E-state index in [9.17, 15) is 8.42 Å². The molecule has 0 spiro atoms. The number of ether oxygens (including phenoxy) is 1.